The van der Waals surface area contributed by atoms with Gasteiger partial charge in [-0.1, -0.05) is 42.0 Å². The minimum atomic E-state index is -0.0117. The van der Waals surface area contributed by atoms with Gasteiger partial charge in [0, 0.05) is 11.7 Å². The number of hydrogen-bond acceptors (Lipinski definition) is 2. The first-order valence-electron chi connectivity index (χ1n) is 6.75. The maximum absolute atomic E-state index is 11.9. The van der Waals surface area contributed by atoms with E-state index in [0.717, 1.165) is 16.8 Å². The fourth-order valence-corrected chi connectivity index (χ4v) is 1.97. The largest absolute Gasteiger partial charge is 0.326 e. The minimum Gasteiger partial charge on any atom is -0.326 e. The van der Waals surface area contributed by atoms with Crippen molar-refractivity contribution in [3.63, 3.8) is 0 Å². The summed E-state index contributed by atoms with van der Waals surface area (Å²) < 4.78 is 0. The van der Waals surface area contributed by atoms with Gasteiger partial charge in [-0.3, -0.25) is 4.79 Å². The molecule has 0 saturated carbocycles. The summed E-state index contributed by atoms with van der Waals surface area (Å²) in [5.41, 5.74) is 9.86. The molecular weight excluding hydrogens is 248 g/mol. The predicted octanol–water partition coefficient (Wildman–Crippen LogP) is 3.20. The fraction of sp³-hybridized carbons (Fsp3) is 0.235. The molecule has 1 unspecified atom stereocenters. The minimum absolute atomic E-state index is 0.00677. The number of rotatable bonds is 4. The molecule has 104 valence electrons. The van der Waals surface area contributed by atoms with Crippen molar-refractivity contribution in [2.45, 2.75) is 26.3 Å². The summed E-state index contributed by atoms with van der Waals surface area (Å²) in [6.45, 7) is 3.97. The monoisotopic (exact) mass is 268 g/mol. The first-order chi connectivity index (χ1) is 9.54. The van der Waals surface area contributed by atoms with Crippen LogP contribution in [0.3, 0.4) is 0 Å². The second kappa shape index (κ2) is 6.35. The number of nitrogens with one attached hydrogen (secondary N) is 1. The van der Waals surface area contributed by atoms with Gasteiger partial charge < -0.3 is 11.1 Å². The molecule has 0 saturated heterocycles. The quantitative estimate of drug-likeness (QED) is 0.894. The Bertz CT molecular complexity index is 571. The van der Waals surface area contributed by atoms with E-state index in [-0.39, 0.29) is 11.9 Å². The van der Waals surface area contributed by atoms with E-state index in [1.165, 1.54) is 5.56 Å². The van der Waals surface area contributed by atoms with Gasteiger partial charge in [-0.15, -0.1) is 0 Å². The summed E-state index contributed by atoms with van der Waals surface area (Å²) in [6.07, 6.45) is 0.384. The van der Waals surface area contributed by atoms with Crippen LogP contribution >= 0.6 is 0 Å². The normalized spacial score (nSPS) is 11.9. The number of amides is 1. The van der Waals surface area contributed by atoms with Crippen LogP contribution in [-0.2, 0) is 11.2 Å². The second-order valence-electron chi connectivity index (χ2n) is 5.12. The van der Waals surface area contributed by atoms with Crippen LogP contribution in [0.2, 0.25) is 0 Å². The summed E-state index contributed by atoms with van der Waals surface area (Å²) >= 11 is 0. The van der Waals surface area contributed by atoms with Gasteiger partial charge in [0.05, 0.1) is 6.42 Å². The highest BCUT2D eigenvalue weighted by Gasteiger charge is 2.05. The Hall–Kier alpha value is -2.13. The Labute approximate surface area is 119 Å². The van der Waals surface area contributed by atoms with Crippen LogP contribution in [-0.4, -0.2) is 5.91 Å². The standard InChI is InChI=1S/C17H20N2O/c1-12-3-5-14(6-4-12)11-17(20)19-16-9-7-15(8-10-16)13(2)18/h3-10,13H,11,18H2,1-2H3,(H,19,20). The summed E-state index contributed by atoms with van der Waals surface area (Å²) in [5, 5.41) is 2.89. The molecule has 0 bridgehead atoms. The van der Waals surface area contributed by atoms with Crippen molar-refractivity contribution in [2.24, 2.45) is 5.73 Å². The molecule has 3 heteroatoms. The molecule has 0 aliphatic carbocycles. The van der Waals surface area contributed by atoms with E-state index in [0.29, 0.717) is 6.42 Å². The van der Waals surface area contributed by atoms with Crippen molar-refractivity contribution >= 4 is 11.6 Å². The van der Waals surface area contributed by atoms with Crippen LogP contribution in [0.25, 0.3) is 0 Å². The topological polar surface area (TPSA) is 55.1 Å². The third-order valence-corrected chi connectivity index (χ3v) is 3.21. The molecule has 2 rings (SSSR count). The molecule has 2 aromatic rings. The average molecular weight is 268 g/mol. The van der Waals surface area contributed by atoms with Crippen LogP contribution in [0.5, 0.6) is 0 Å². The fourth-order valence-electron chi connectivity index (χ4n) is 1.97. The zero-order valence-electron chi connectivity index (χ0n) is 11.9. The number of aryl methyl sites for hydroxylation is 1. The molecule has 1 amide bonds. The highest BCUT2D eigenvalue weighted by atomic mass is 16.1. The Kier molecular flexibility index (Phi) is 4.53. The Morgan fingerprint density at radius 2 is 1.70 bits per heavy atom. The van der Waals surface area contributed by atoms with Crippen LogP contribution in [0.15, 0.2) is 48.5 Å². The zero-order chi connectivity index (χ0) is 14.5. The molecule has 0 heterocycles. The second-order valence-corrected chi connectivity index (χ2v) is 5.12. The Balaban J connectivity index is 1.95. The van der Waals surface area contributed by atoms with E-state index < -0.39 is 0 Å². The SMILES string of the molecule is Cc1ccc(CC(=O)Nc2ccc(C(C)N)cc2)cc1. The van der Waals surface area contributed by atoms with E-state index in [1.54, 1.807) is 0 Å². The predicted molar refractivity (Wildman–Crippen MR) is 82.6 cm³/mol. The van der Waals surface area contributed by atoms with Crippen LogP contribution in [0.1, 0.15) is 29.7 Å². The first kappa shape index (κ1) is 14.3. The number of nitrogens with two attached hydrogens (primary N) is 1. The summed E-state index contributed by atoms with van der Waals surface area (Å²) in [6, 6.07) is 15.6. The first-order valence-corrected chi connectivity index (χ1v) is 6.75. The smallest absolute Gasteiger partial charge is 0.228 e. The summed E-state index contributed by atoms with van der Waals surface area (Å²) in [5.74, 6) is -0.0117. The molecule has 0 aliphatic rings. The molecule has 2 aromatic carbocycles. The third kappa shape index (κ3) is 3.93. The molecule has 0 radical (unpaired) electrons. The van der Waals surface area contributed by atoms with E-state index in [2.05, 4.69) is 5.32 Å². The van der Waals surface area contributed by atoms with Gasteiger partial charge in [-0.25, -0.2) is 0 Å². The lowest BCUT2D eigenvalue weighted by Crippen LogP contribution is -2.14. The van der Waals surface area contributed by atoms with E-state index in [4.69, 9.17) is 5.73 Å². The summed E-state index contributed by atoms with van der Waals surface area (Å²) in [7, 11) is 0. The number of anilines is 1. The van der Waals surface area contributed by atoms with Crippen molar-refractivity contribution in [1.29, 1.82) is 0 Å². The number of hydrogen-bond donors (Lipinski definition) is 2. The maximum atomic E-state index is 11.9. The molecule has 3 N–H and O–H groups in total. The van der Waals surface area contributed by atoms with Gasteiger partial charge in [0.2, 0.25) is 5.91 Å². The summed E-state index contributed by atoms with van der Waals surface area (Å²) in [4.78, 5) is 11.9. The van der Waals surface area contributed by atoms with Gasteiger partial charge in [-0.05, 0) is 37.1 Å². The maximum Gasteiger partial charge on any atom is 0.228 e. The van der Waals surface area contributed by atoms with Gasteiger partial charge in [-0.2, -0.15) is 0 Å². The average Bonchev–Trinajstić information content (AvgIpc) is 2.42. The number of benzene rings is 2. The molecule has 20 heavy (non-hydrogen) atoms. The van der Waals surface area contributed by atoms with E-state index >= 15 is 0 Å². The Morgan fingerprint density at radius 3 is 2.25 bits per heavy atom. The highest BCUT2D eigenvalue weighted by Crippen LogP contribution is 2.14. The van der Waals surface area contributed by atoms with E-state index in [9.17, 15) is 4.79 Å². The number of carbonyl (C=O) groups is 1. The van der Waals surface area contributed by atoms with Gasteiger partial charge in [0.25, 0.3) is 0 Å². The Morgan fingerprint density at radius 1 is 1.10 bits per heavy atom. The highest BCUT2D eigenvalue weighted by molar-refractivity contribution is 5.92. The molecule has 0 spiro atoms. The molecule has 0 fully saturated rings. The van der Waals surface area contributed by atoms with Gasteiger partial charge in [0.1, 0.15) is 0 Å². The third-order valence-electron chi connectivity index (χ3n) is 3.21. The zero-order valence-corrected chi connectivity index (χ0v) is 11.9. The lowest BCUT2D eigenvalue weighted by atomic mass is 10.1. The molecule has 0 aliphatic heterocycles. The van der Waals surface area contributed by atoms with Crippen molar-refractivity contribution in [2.75, 3.05) is 5.32 Å². The molecule has 1 atom stereocenters. The van der Waals surface area contributed by atoms with Crippen molar-refractivity contribution in [1.82, 2.24) is 0 Å². The van der Waals surface area contributed by atoms with Crippen molar-refractivity contribution < 1.29 is 4.79 Å². The lowest BCUT2D eigenvalue weighted by molar-refractivity contribution is -0.115. The van der Waals surface area contributed by atoms with Crippen molar-refractivity contribution in [3.8, 4) is 0 Å². The molecule has 0 aromatic heterocycles. The van der Waals surface area contributed by atoms with Crippen LogP contribution in [0.4, 0.5) is 5.69 Å². The lowest BCUT2D eigenvalue weighted by Gasteiger charge is -2.08. The van der Waals surface area contributed by atoms with E-state index in [1.807, 2.05) is 62.4 Å². The molecule has 3 nitrogen and oxygen atoms in total. The number of carbonyl (C=O) groups excluding carboxylic acids is 1. The van der Waals surface area contributed by atoms with Crippen molar-refractivity contribution in [3.05, 3.63) is 65.2 Å². The van der Waals surface area contributed by atoms with Gasteiger partial charge >= 0.3 is 0 Å². The molecular formula is C17H20N2O. The van der Waals surface area contributed by atoms with Crippen LogP contribution < -0.4 is 11.1 Å². The van der Waals surface area contributed by atoms with Crippen LogP contribution in [0, 0.1) is 6.92 Å². The van der Waals surface area contributed by atoms with Gasteiger partial charge in [0.15, 0.2) is 0 Å².